The summed E-state index contributed by atoms with van der Waals surface area (Å²) in [7, 11) is 3.19. The van der Waals surface area contributed by atoms with E-state index in [4.69, 9.17) is 14.2 Å². The third kappa shape index (κ3) is 2.33. The molecule has 4 heteroatoms. The molecule has 3 fully saturated rings. The first-order valence-corrected chi connectivity index (χ1v) is 8.07. The maximum Gasteiger partial charge on any atom is 0.312 e. The molecule has 0 amide bonds. The summed E-state index contributed by atoms with van der Waals surface area (Å²) in [5.74, 6) is 0.441. The molecule has 4 atom stereocenters. The van der Waals surface area contributed by atoms with Crippen molar-refractivity contribution in [3.63, 3.8) is 0 Å². The average Bonchev–Trinajstić information content (AvgIpc) is 2.76. The van der Waals surface area contributed by atoms with E-state index in [-0.39, 0.29) is 24.3 Å². The van der Waals surface area contributed by atoms with Crippen LogP contribution in [0.2, 0.25) is 0 Å². The van der Waals surface area contributed by atoms with Gasteiger partial charge in [0.25, 0.3) is 0 Å². The van der Waals surface area contributed by atoms with Crippen LogP contribution in [0.4, 0.5) is 0 Å². The molecule has 4 nitrogen and oxygen atoms in total. The van der Waals surface area contributed by atoms with Gasteiger partial charge in [-0.05, 0) is 25.2 Å². The van der Waals surface area contributed by atoms with E-state index in [2.05, 4.69) is 6.58 Å². The van der Waals surface area contributed by atoms with Gasteiger partial charge in [-0.1, -0.05) is 31.4 Å². The van der Waals surface area contributed by atoms with Gasteiger partial charge in [-0.15, -0.1) is 0 Å². The van der Waals surface area contributed by atoms with Gasteiger partial charge in [-0.25, -0.2) is 0 Å². The van der Waals surface area contributed by atoms with Gasteiger partial charge in [0, 0.05) is 19.4 Å². The highest BCUT2D eigenvalue weighted by atomic mass is 16.7. The zero-order valence-electron chi connectivity index (χ0n) is 13.1. The molecular formula is C17H26O4. The van der Waals surface area contributed by atoms with E-state index < -0.39 is 5.41 Å². The van der Waals surface area contributed by atoms with Crippen LogP contribution in [0.3, 0.4) is 0 Å². The average molecular weight is 294 g/mol. The number of methoxy groups -OCH3 is 2. The second-order valence-corrected chi connectivity index (χ2v) is 6.77. The van der Waals surface area contributed by atoms with Crippen molar-refractivity contribution in [2.45, 2.75) is 57.3 Å². The van der Waals surface area contributed by atoms with Crippen LogP contribution in [-0.4, -0.2) is 32.6 Å². The molecule has 0 aromatic carbocycles. The summed E-state index contributed by atoms with van der Waals surface area (Å²) in [6.45, 7) is 4.34. The van der Waals surface area contributed by atoms with Crippen LogP contribution in [0.15, 0.2) is 12.2 Å². The smallest absolute Gasteiger partial charge is 0.312 e. The first-order chi connectivity index (χ1) is 10.1. The van der Waals surface area contributed by atoms with Crippen LogP contribution in [0.1, 0.15) is 44.9 Å². The Kier molecular flexibility index (Phi) is 4.10. The van der Waals surface area contributed by atoms with Gasteiger partial charge in [0.05, 0.1) is 18.6 Å². The molecule has 3 aliphatic rings. The third-order valence-corrected chi connectivity index (χ3v) is 5.81. The van der Waals surface area contributed by atoms with Crippen molar-refractivity contribution in [3.05, 3.63) is 12.2 Å². The predicted molar refractivity (Wildman–Crippen MR) is 78.6 cm³/mol. The van der Waals surface area contributed by atoms with E-state index in [1.807, 2.05) is 0 Å². The van der Waals surface area contributed by atoms with E-state index in [0.717, 1.165) is 38.5 Å². The van der Waals surface area contributed by atoms with Crippen LogP contribution in [0, 0.1) is 17.3 Å². The molecule has 2 bridgehead atoms. The number of hydrogen-bond donors (Lipinski definition) is 0. The van der Waals surface area contributed by atoms with Crippen LogP contribution in [0.25, 0.3) is 0 Å². The minimum Gasteiger partial charge on any atom is -0.469 e. The molecule has 3 rings (SSSR count). The Bertz CT molecular complexity index is 425. The zero-order valence-corrected chi connectivity index (χ0v) is 13.1. The number of hydrogen-bond acceptors (Lipinski definition) is 4. The summed E-state index contributed by atoms with van der Waals surface area (Å²) in [5, 5.41) is 0. The second-order valence-electron chi connectivity index (χ2n) is 6.77. The van der Waals surface area contributed by atoms with Crippen LogP contribution in [-0.2, 0) is 19.0 Å². The van der Waals surface area contributed by atoms with Gasteiger partial charge in [0.2, 0.25) is 0 Å². The first-order valence-electron chi connectivity index (χ1n) is 8.07. The molecule has 21 heavy (non-hydrogen) atoms. The molecule has 0 aromatic rings. The molecule has 2 saturated carbocycles. The molecule has 2 aliphatic carbocycles. The maximum atomic E-state index is 12.6. The first kappa shape index (κ1) is 15.0. The normalized spacial score (nSPS) is 38.3. The zero-order chi connectivity index (χ0) is 15.0. The van der Waals surface area contributed by atoms with E-state index >= 15 is 0 Å². The minimum atomic E-state index is -0.424. The summed E-state index contributed by atoms with van der Waals surface area (Å²) in [4.78, 5) is 12.6. The largest absolute Gasteiger partial charge is 0.469 e. The lowest BCUT2D eigenvalue weighted by Crippen LogP contribution is -2.46. The molecule has 1 heterocycles. The Morgan fingerprint density at radius 1 is 1.24 bits per heavy atom. The van der Waals surface area contributed by atoms with Crippen molar-refractivity contribution in [2.75, 3.05) is 14.2 Å². The standard InChI is InChI=1S/C17H26O4/c1-11-12-9-13(21-14(10-12)19-2)15(11)17(16(18)20-3)7-5-4-6-8-17/h12-15H,1,4-10H2,2-3H3/t12-,13-,14-,15-/m0/s1. The van der Waals surface area contributed by atoms with E-state index in [9.17, 15) is 4.79 Å². The number of ether oxygens (including phenoxy) is 3. The van der Waals surface area contributed by atoms with Crippen molar-refractivity contribution in [3.8, 4) is 0 Å². The molecule has 0 radical (unpaired) electrons. The van der Waals surface area contributed by atoms with Crippen molar-refractivity contribution in [1.82, 2.24) is 0 Å². The van der Waals surface area contributed by atoms with Crippen molar-refractivity contribution < 1.29 is 19.0 Å². The summed E-state index contributed by atoms with van der Waals surface area (Å²) >= 11 is 0. The Labute approximate surface area is 126 Å². The summed E-state index contributed by atoms with van der Waals surface area (Å²) in [5.41, 5.74) is 0.762. The van der Waals surface area contributed by atoms with Gasteiger partial charge in [-0.3, -0.25) is 4.79 Å². The number of rotatable bonds is 3. The topological polar surface area (TPSA) is 44.8 Å². The quantitative estimate of drug-likeness (QED) is 0.593. The fourth-order valence-electron chi connectivity index (χ4n) is 4.82. The highest BCUT2D eigenvalue weighted by molar-refractivity contribution is 5.78. The van der Waals surface area contributed by atoms with E-state index in [1.165, 1.54) is 19.1 Å². The molecule has 1 aliphatic heterocycles. The molecular weight excluding hydrogens is 268 g/mol. The summed E-state index contributed by atoms with van der Waals surface area (Å²) in [6, 6.07) is 0. The van der Waals surface area contributed by atoms with Gasteiger partial charge >= 0.3 is 5.97 Å². The minimum absolute atomic E-state index is 0.0541. The highest BCUT2D eigenvalue weighted by Crippen LogP contribution is 2.57. The van der Waals surface area contributed by atoms with Gasteiger partial charge in [0.1, 0.15) is 0 Å². The van der Waals surface area contributed by atoms with Crippen LogP contribution in [0.5, 0.6) is 0 Å². The van der Waals surface area contributed by atoms with Crippen LogP contribution >= 0.6 is 0 Å². The lowest BCUT2D eigenvalue weighted by Gasteiger charge is -2.42. The molecule has 1 saturated heterocycles. The number of esters is 1. The monoisotopic (exact) mass is 294 g/mol. The SMILES string of the molecule is C=C1[C@@H]2C[C@@H](OC)O[C@@H](C2)[C@H]1C1(C(=O)OC)CCCCC1. The van der Waals surface area contributed by atoms with E-state index in [0.29, 0.717) is 5.92 Å². The molecule has 0 unspecified atom stereocenters. The maximum absolute atomic E-state index is 12.6. The number of fused-ring (bicyclic) bond motifs is 2. The Balaban J connectivity index is 1.92. The summed E-state index contributed by atoms with van der Waals surface area (Å²) < 4.78 is 16.7. The predicted octanol–water partition coefficient (Wildman–Crippen LogP) is 3.06. The highest BCUT2D eigenvalue weighted by Gasteiger charge is 2.57. The fraction of sp³-hybridized carbons (Fsp3) is 0.824. The van der Waals surface area contributed by atoms with Crippen molar-refractivity contribution in [1.29, 1.82) is 0 Å². The fourth-order valence-corrected chi connectivity index (χ4v) is 4.82. The van der Waals surface area contributed by atoms with Gasteiger partial charge in [0.15, 0.2) is 6.29 Å². The summed E-state index contributed by atoms with van der Waals surface area (Å²) in [6.07, 6.45) is 6.90. The lowest BCUT2D eigenvalue weighted by molar-refractivity contribution is -0.197. The molecule has 0 aromatic heterocycles. The Morgan fingerprint density at radius 2 is 1.95 bits per heavy atom. The second kappa shape index (κ2) is 5.73. The molecule has 0 spiro atoms. The molecule has 0 N–H and O–H groups in total. The van der Waals surface area contributed by atoms with Gasteiger partial charge in [-0.2, -0.15) is 0 Å². The van der Waals surface area contributed by atoms with Crippen molar-refractivity contribution >= 4 is 5.97 Å². The van der Waals surface area contributed by atoms with Gasteiger partial charge < -0.3 is 14.2 Å². The Morgan fingerprint density at radius 3 is 2.57 bits per heavy atom. The third-order valence-electron chi connectivity index (χ3n) is 5.81. The van der Waals surface area contributed by atoms with Crippen LogP contribution < -0.4 is 0 Å². The van der Waals surface area contributed by atoms with E-state index in [1.54, 1.807) is 7.11 Å². The lowest BCUT2D eigenvalue weighted by atomic mass is 9.63. The molecule has 118 valence electrons. The Hall–Kier alpha value is -0.870. The number of carbonyl (C=O) groups is 1. The van der Waals surface area contributed by atoms with Crippen molar-refractivity contribution in [2.24, 2.45) is 17.3 Å². The number of carbonyl (C=O) groups excluding carboxylic acids is 1.